The van der Waals surface area contributed by atoms with Gasteiger partial charge in [0.05, 0.1) is 0 Å². The third-order valence-electron chi connectivity index (χ3n) is 2.50. The highest BCUT2D eigenvalue weighted by molar-refractivity contribution is 5.83. The van der Waals surface area contributed by atoms with Crippen LogP contribution in [0.2, 0.25) is 0 Å². The minimum Gasteiger partial charge on any atom is -0.361 e. The molecule has 14 heavy (non-hydrogen) atoms. The van der Waals surface area contributed by atoms with Gasteiger partial charge in [-0.15, -0.1) is 0 Å². The second-order valence-electron chi connectivity index (χ2n) is 3.47. The Kier molecular flexibility index (Phi) is 2.52. The van der Waals surface area contributed by atoms with Crippen LogP contribution in [0.3, 0.4) is 0 Å². The molecule has 1 aromatic carbocycles. The van der Waals surface area contributed by atoms with Gasteiger partial charge in [0.15, 0.2) is 0 Å². The van der Waals surface area contributed by atoms with E-state index in [0.29, 0.717) is 6.54 Å². The van der Waals surface area contributed by atoms with Crippen LogP contribution in [0.15, 0.2) is 30.5 Å². The summed E-state index contributed by atoms with van der Waals surface area (Å²) in [5, 5.41) is 1.20. The van der Waals surface area contributed by atoms with Gasteiger partial charge in [-0.3, -0.25) is 0 Å². The number of rotatable bonds is 3. The van der Waals surface area contributed by atoms with E-state index in [1.807, 2.05) is 24.4 Å². The molecule has 0 amide bonds. The van der Waals surface area contributed by atoms with Crippen molar-refractivity contribution in [1.29, 1.82) is 0 Å². The minimum atomic E-state index is 0.0381. The molecule has 1 heterocycles. The molecule has 74 valence electrons. The first-order valence-corrected chi connectivity index (χ1v) is 4.84. The molecule has 0 aliphatic rings. The average molecular weight is 189 g/mol. The maximum absolute atomic E-state index is 6.02. The summed E-state index contributed by atoms with van der Waals surface area (Å²) in [5.74, 6) is 0. The molecule has 2 rings (SSSR count). The monoisotopic (exact) mass is 189 g/mol. The second kappa shape index (κ2) is 3.82. The molecule has 3 nitrogen and oxygen atoms in total. The fourth-order valence-electron chi connectivity index (χ4n) is 1.74. The van der Waals surface area contributed by atoms with Crippen molar-refractivity contribution in [3.05, 3.63) is 36.0 Å². The molecule has 0 fully saturated rings. The van der Waals surface area contributed by atoms with Gasteiger partial charge in [-0.1, -0.05) is 18.2 Å². The highest BCUT2D eigenvalue weighted by Gasteiger charge is 2.09. The van der Waals surface area contributed by atoms with Gasteiger partial charge in [-0.05, 0) is 24.6 Å². The second-order valence-corrected chi connectivity index (χ2v) is 3.47. The summed E-state index contributed by atoms with van der Waals surface area (Å²) >= 11 is 0. The van der Waals surface area contributed by atoms with Crippen molar-refractivity contribution in [2.24, 2.45) is 11.5 Å². The van der Waals surface area contributed by atoms with Crippen LogP contribution < -0.4 is 11.5 Å². The molecule has 3 heteroatoms. The lowest BCUT2D eigenvalue weighted by Crippen LogP contribution is -2.14. The normalized spacial score (nSPS) is 13.3. The number of aromatic amines is 1. The highest BCUT2D eigenvalue weighted by Crippen LogP contribution is 2.23. The number of benzene rings is 1. The number of aromatic nitrogens is 1. The van der Waals surface area contributed by atoms with Gasteiger partial charge in [-0.25, -0.2) is 0 Å². The third-order valence-corrected chi connectivity index (χ3v) is 2.50. The van der Waals surface area contributed by atoms with E-state index < -0.39 is 0 Å². The number of hydrogen-bond donors (Lipinski definition) is 3. The molecular formula is C11H15N3. The van der Waals surface area contributed by atoms with Crippen molar-refractivity contribution in [2.75, 3.05) is 6.54 Å². The van der Waals surface area contributed by atoms with Crippen LogP contribution >= 0.6 is 0 Å². The number of H-pyrrole nitrogens is 1. The molecule has 0 saturated carbocycles. The first kappa shape index (κ1) is 9.24. The summed E-state index contributed by atoms with van der Waals surface area (Å²) in [6, 6.07) is 8.20. The van der Waals surface area contributed by atoms with Crippen LogP contribution in [-0.2, 0) is 0 Å². The van der Waals surface area contributed by atoms with E-state index in [2.05, 4.69) is 11.1 Å². The van der Waals surface area contributed by atoms with E-state index >= 15 is 0 Å². The summed E-state index contributed by atoms with van der Waals surface area (Å²) < 4.78 is 0. The summed E-state index contributed by atoms with van der Waals surface area (Å²) in [7, 11) is 0. The van der Waals surface area contributed by atoms with E-state index in [0.717, 1.165) is 17.5 Å². The number of para-hydroxylation sites is 1. The van der Waals surface area contributed by atoms with Crippen LogP contribution in [0, 0.1) is 0 Å². The lowest BCUT2D eigenvalue weighted by molar-refractivity contribution is 0.666. The van der Waals surface area contributed by atoms with Crippen molar-refractivity contribution >= 4 is 10.9 Å². The summed E-state index contributed by atoms with van der Waals surface area (Å²) in [6.45, 7) is 0.626. The van der Waals surface area contributed by atoms with Crippen molar-refractivity contribution in [1.82, 2.24) is 4.98 Å². The lowest BCUT2D eigenvalue weighted by Gasteiger charge is -2.08. The van der Waals surface area contributed by atoms with Gasteiger partial charge >= 0.3 is 0 Å². The molecule has 0 aliphatic carbocycles. The first-order valence-electron chi connectivity index (χ1n) is 4.84. The molecule has 1 unspecified atom stereocenters. The Morgan fingerprint density at radius 1 is 1.29 bits per heavy atom. The van der Waals surface area contributed by atoms with E-state index in [9.17, 15) is 0 Å². The largest absolute Gasteiger partial charge is 0.361 e. The maximum Gasteiger partial charge on any atom is 0.0457 e. The quantitative estimate of drug-likeness (QED) is 0.685. The highest BCUT2D eigenvalue weighted by atomic mass is 14.7. The van der Waals surface area contributed by atoms with Gasteiger partial charge in [0.25, 0.3) is 0 Å². The van der Waals surface area contributed by atoms with Crippen molar-refractivity contribution < 1.29 is 0 Å². The minimum absolute atomic E-state index is 0.0381. The molecule has 0 saturated heterocycles. The van der Waals surface area contributed by atoms with E-state index in [4.69, 9.17) is 11.5 Å². The third kappa shape index (κ3) is 1.52. The van der Waals surface area contributed by atoms with Crippen molar-refractivity contribution in [2.45, 2.75) is 12.5 Å². The molecule has 1 aromatic heterocycles. The lowest BCUT2D eigenvalue weighted by atomic mass is 10.0. The predicted molar refractivity (Wildman–Crippen MR) is 58.9 cm³/mol. The molecule has 0 bridgehead atoms. The molecule has 0 aliphatic heterocycles. The zero-order valence-corrected chi connectivity index (χ0v) is 8.03. The van der Waals surface area contributed by atoms with E-state index in [-0.39, 0.29) is 6.04 Å². The number of nitrogens with one attached hydrogen (secondary N) is 1. The van der Waals surface area contributed by atoms with Gasteiger partial charge < -0.3 is 16.5 Å². The summed E-state index contributed by atoms with van der Waals surface area (Å²) in [6.07, 6.45) is 2.80. The number of hydrogen-bond acceptors (Lipinski definition) is 2. The van der Waals surface area contributed by atoms with Gasteiger partial charge in [0.2, 0.25) is 0 Å². The van der Waals surface area contributed by atoms with Crippen LogP contribution in [0.1, 0.15) is 18.0 Å². The topological polar surface area (TPSA) is 67.8 Å². The van der Waals surface area contributed by atoms with Gasteiger partial charge in [0.1, 0.15) is 0 Å². The van der Waals surface area contributed by atoms with Gasteiger partial charge in [0, 0.05) is 23.1 Å². The molecular weight excluding hydrogens is 174 g/mol. The first-order chi connectivity index (χ1) is 6.83. The number of fused-ring (bicyclic) bond motifs is 1. The molecule has 0 radical (unpaired) electrons. The van der Waals surface area contributed by atoms with Crippen LogP contribution in [-0.4, -0.2) is 11.5 Å². The average Bonchev–Trinajstić information content (AvgIpc) is 2.61. The van der Waals surface area contributed by atoms with Gasteiger partial charge in [-0.2, -0.15) is 0 Å². The molecule has 5 N–H and O–H groups in total. The molecule has 1 atom stereocenters. The SMILES string of the molecule is NCCC(N)c1c[nH]c2ccccc12. The molecule has 0 spiro atoms. The Labute approximate surface area is 83.1 Å². The van der Waals surface area contributed by atoms with E-state index in [1.165, 1.54) is 5.39 Å². The van der Waals surface area contributed by atoms with Crippen LogP contribution in [0.5, 0.6) is 0 Å². The van der Waals surface area contributed by atoms with Crippen molar-refractivity contribution in [3.8, 4) is 0 Å². The van der Waals surface area contributed by atoms with Crippen LogP contribution in [0.25, 0.3) is 10.9 Å². The Bertz CT molecular complexity index is 419. The maximum atomic E-state index is 6.02. The Balaban J connectivity index is 2.42. The van der Waals surface area contributed by atoms with E-state index in [1.54, 1.807) is 0 Å². The number of nitrogens with two attached hydrogens (primary N) is 2. The molecule has 2 aromatic rings. The fourth-order valence-corrected chi connectivity index (χ4v) is 1.74. The predicted octanol–water partition coefficient (Wildman–Crippen LogP) is 1.52. The van der Waals surface area contributed by atoms with Crippen molar-refractivity contribution in [3.63, 3.8) is 0 Å². The Morgan fingerprint density at radius 3 is 2.86 bits per heavy atom. The Hall–Kier alpha value is -1.32. The Morgan fingerprint density at radius 2 is 2.07 bits per heavy atom. The smallest absolute Gasteiger partial charge is 0.0457 e. The summed E-state index contributed by atoms with van der Waals surface area (Å²) in [5.41, 5.74) is 13.8. The standard InChI is InChI=1S/C11H15N3/c12-6-5-10(13)9-7-14-11-4-2-1-3-8(9)11/h1-4,7,10,14H,5-6,12-13H2. The zero-order chi connectivity index (χ0) is 9.97. The zero-order valence-electron chi connectivity index (χ0n) is 8.03. The summed E-state index contributed by atoms with van der Waals surface area (Å²) in [4.78, 5) is 3.21. The fraction of sp³-hybridized carbons (Fsp3) is 0.273. The van der Waals surface area contributed by atoms with Crippen LogP contribution in [0.4, 0.5) is 0 Å².